The van der Waals surface area contributed by atoms with Gasteiger partial charge in [-0.3, -0.25) is 19.5 Å². The van der Waals surface area contributed by atoms with E-state index in [0.29, 0.717) is 5.70 Å². The Hall–Kier alpha value is -3.23. The van der Waals surface area contributed by atoms with Crippen molar-refractivity contribution >= 4 is 29.8 Å². The van der Waals surface area contributed by atoms with Gasteiger partial charge in [-0.15, -0.1) is 0 Å². The van der Waals surface area contributed by atoms with Gasteiger partial charge in [0.1, 0.15) is 11.9 Å². The van der Waals surface area contributed by atoms with Gasteiger partial charge < -0.3 is 15.4 Å². The Morgan fingerprint density at radius 1 is 1.44 bits per heavy atom. The van der Waals surface area contributed by atoms with E-state index in [-0.39, 0.29) is 30.2 Å². The van der Waals surface area contributed by atoms with E-state index >= 15 is 0 Å². The van der Waals surface area contributed by atoms with Gasteiger partial charge >= 0.3 is 6.09 Å². The molecule has 2 N–H and O–H groups in total. The van der Waals surface area contributed by atoms with Crippen molar-refractivity contribution in [2.24, 2.45) is 4.99 Å². The first-order chi connectivity index (χ1) is 12.8. The lowest BCUT2D eigenvalue weighted by atomic mass is 10.1. The van der Waals surface area contributed by atoms with Crippen molar-refractivity contribution in [3.8, 4) is 0 Å². The summed E-state index contributed by atoms with van der Waals surface area (Å²) in [7, 11) is 1.55. The number of nitrogens with one attached hydrogen (secondary N) is 2. The van der Waals surface area contributed by atoms with E-state index in [2.05, 4.69) is 15.6 Å². The normalized spacial score (nSPS) is 17.2. The Kier molecular flexibility index (Phi) is 6.64. The molecule has 1 aromatic carbocycles. The highest BCUT2D eigenvalue weighted by Gasteiger charge is 2.32. The number of cyclic esters (lactones) is 1. The molecule has 1 saturated heterocycles. The van der Waals surface area contributed by atoms with Gasteiger partial charge in [-0.25, -0.2) is 9.18 Å². The number of amides is 3. The largest absolute Gasteiger partial charge is 0.442 e. The van der Waals surface area contributed by atoms with Crippen LogP contribution < -0.4 is 15.5 Å². The molecular formula is C18H21FN4O4. The molecule has 27 heavy (non-hydrogen) atoms. The minimum Gasteiger partial charge on any atom is -0.442 e. The maximum absolute atomic E-state index is 14.4. The highest BCUT2D eigenvalue weighted by atomic mass is 19.1. The van der Waals surface area contributed by atoms with Crippen LogP contribution in [0.2, 0.25) is 0 Å². The first-order valence-electron chi connectivity index (χ1n) is 8.27. The number of carbonyl (C=O) groups is 3. The van der Waals surface area contributed by atoms with Crippen molar-refractivity contribution < 1.29 is 23.5 Å². The predicted molar refractivity (Wildman–Crippen MR) is 98.3 cm³/mol. The summed E-state index contributed by atoms with van der Waals surface area (Å²) in [5.41, 5.74) is 0.542. The molecule has 0 saturated carbocycles. The molecule has 8 nitrogen and oxygen atoms in total. The Morgan fingerprint density at radius 3 is 2.78 bits per heavy atom. The van der Waals surface area contributed by atoms with Crippen molar-refractivity contribution in [2.45, 2.75) is 20.0 Å². The van der Waals surface area contributed by atoms with Crippen molar-refractivity contribution in [1.82, 2.24) is 10.6 Å². The van der Waals surface area contributed by atoms with Gasteiger partial charge in [-0.05, 0) is 25.1 Å². The monoisotopic (exact) mass is 376 g/mol. The van der Waals surface area contributed by atoms with Gasteiger partial charge in [0.15, 0.2) is 0 Å². The van der Waals surface area contributed by atoms with Gasteiger partial charge in [-0.2, -0.15) is 0 Å². The highest BCUT2D eigenvalue weighted by Crippen LogP contribution is 2.24. The molecule has 1 atom stereocenters. The standard InChI is InChI=1S/C18H21FN4O4/c1-4-12(8-20-3)22-17(25)15-6-5-13(7-16(15)19)23-10-14(27-18(23)26)9-21-11(2)24/h4-8,14H,9-10H2,1-3H3,(H,21,24)(H,22,25)/b12-4+,20-8?/t14-/m0/s1. The minimum absolute atomic E-state index is 0.162. The number of carbonyl (C=O) groups excluding carboxylic acids is 3. The fourth-order valence-electron chi connectivity index (χ4n) is 2.47. The maximum atomic E-state index is 14.4. The quantitative estimate of drug-likeness (QED) is 0.737. The molecule has 0 bridgehead atoms. The molecule has 1 aliphatic heterocycles. The van der Waals surface area contributed by atoms with E-state index in [1.54, 1.807) is 20.0 Å². The van der Waals surface area contributed by atoms with E-state index < -0.39 is 23.9 Å². The molecule has 2 rings (SSSR count). The predicted octanol–water partition coefficient (Wildman–Crippen LogP) is 1.62. The van der Waals surface area contributed by atoms with Crippen molar-refractivity contribution in [3.05, 3.63) is 41.4 Å². The topological polar surface area (TPSA) is 100 Å². The summed E-state index contributed by atoms with van der Waals surface area (Å²) in [6.07, 6.45) is 1.90. The van der Waals surface area contributed by atoms with Crippen molar-refractivity contribution in [1.29, 1.82) is 0 Å². The van der Waals surface area contributed by atoms with Gasteiger partial charge in [0.25, 0.3) is 5.91 Å². The lowest BCUT2D eigenvalue weighted by Crippen LogP contribution is -2.33. The van der Waals surface area contributed by atoms with E-state index in [1.807, 2.05) is 0 Å². The number of benzene rings is 1. The van der Waals surface area contributed by atoms with Crippen LogP contribution in [0.4, 0.5) is 14.9 Å². The molecule has 0 aromatic heterocycles. The summed E-state index contributed by atoms with van der Waals surface area (Å²) in [5.74, 6) is -1.63. The lowest BCUT2D eigenvalue weighted by molar-refractivity contribution is -0.119. The number of anilines is 1. The number of nitrogens with zero attached hydrogens (tertiary/aromatic N) is 2. The van der Waals surface area contributed by atoms with Crippen LogP contribution in [0.25, 0.3) is 0 Å². The van der Waals surface area contributed by atoms with Crippen molar-refractivity contribution in [2.75, 3.05) is 25.0 Å². The number of rotatable bonds is 6. The third kappa shape index (κ3) is 5.13. The third-order valence-corrected chi connectivity index (χ3v) is 3.80. The van der Waals surface area contributed by atoms with E-state index in [0.717, 1.165) is 6.07 Å². The number of hydrogen-bond donors (Lipinski definition) is 2. The molecule has 3 amide bonds. The summed E-state index contributed by atoms with van der Waals surface area (Å²) in [4.78, 5) is 40.2. The molecule has 1 heterocycles. The zero-order valence-electron chi connectivity index (χ0n) is 15.3. The van der Waals surface area contributed by atoms with Gasteiger partial charge in [0, 0.05) is 20.2 Å². The average molecular weight is 376 g/mol. The highest BCUT2D eigenvalue weighted by molar-refractivity contribution is 5.99. The average Bonchev–Trinajstić information content (AvgIpc) is 3.00. The molecule has 144 valence electrons. The number of aliphatic imine (C=N–C) groups is 1. The smallest absolute Gasteiger partial charge is 0.414 e. The fraction of sp³-hybridized carbons (Fsp3) is 0.333. The second kappa shape index (κ2) is 8.93. The molecule has 0 spiro atoms. The summed E-state index contributed by atoms with van der Waals surface area (Å²) in [5, 5.41) is 5.11. The van der Waals surface area contributed by atoms with Crippen LogP contribution in [0, 0.1) is 5.82 Å². The van der Waals surface area contributed by atoms with Crippen molar-refractivity contribution in [3.63, 3.8) is 0 Å². The molecule has 0 aliphatic carbocycles. The van der Waals surface area contributed by atoms with Crippen LogP contribution in [0.15, 0.2) is 35.0 Å². The zero-order chi connectivity index (χ0) is 20.0. The number of allylic oxidation sites excluding steroid dienone is 2. The second-order valence-corrected chi connectivity index (χ2v) is 5.80. The Labute approximate surface area is 156 Å². The molecule has 0 radical (unpaired) electrons. The SMILES string of the molecule is C/C=C(\C=NC)NC(=O)c1ccc(N2C[C@H](CNC(C)=O)OC2=O)cc1F. The molecule has 0 unspecified atom stereocenters. The molecule has 1 aromatic rings. The van der Waals surface area contributed by atoms with Gasteiger partial charge in [-0.1, -0.05) is 6.08 Å². The molecule has 1 aliphatic rings. The minimum atomic E-state index is -0.771. The van der Waals surface area contributed by atoms with Gasteiger partial charge in [0.2, 0.25) is 5.91 Å². The van der Waals surface area contributed by atoms with Crippen LogP contribution in [-0.2, 0) is 9.53 Å². The maximum Gasteiger partial charge on any atom is 0.414 e. The van der Waals surface area contributed by atoms with Crippen LogP contribution in [0.3, 0.4) is 0 Å². The number of hydrogen-bond acceptors (Lipinski definition) is 5. The Bertz CT molecular complexity index is 807. The van der Waals surface area contributed by atoms with Crippen LogP contribution in [-0.4, -0.2) is 50.4 Å². The second-order valence-electron chi connectivity index (χ2n) is 5.80. The number of halogens is 1. The molecular weight excluding hydrogens is 355 g/mol. The van der Waals surface area contributed by atoms with Crippen LogP contribution in [0.5, 0.6) is 0 Å². The number of ether oxygens (including phenoxy) is 1. The molecule has 1 fully saturated rings. The van der Waals surface area contributed by atoms with E-state index in [1.165, 1.54) is 30.2 Å². The lowest BCUT2D eigenvalue weighted by Gasteiger charge is -2.14. The third-order valence-electron chi connectivity index (χ3n) is 3.80. The van der Waals surface area contributed by atoms with Crippen LogP contribution >= 0.6 is 0 Å². The first kappa shape index (κ1) is 20.1. The fourth-order valence-corrected chi connectivity index (χ4v) is 2.47. The molecule has 9 heteroatoms. The summed E-state index contributed by atoms with van der Waals surface area (Å²) in [6.45, 7) is 3.41. The zero-order valence-corrected chi connectivity index (χ0v) is 15.3. The summed E-state index contributed by atoms with van der Waals surface area (Å²) in [6, 6.07) is 3.86. The Balaban J connectivity index is 2.11. The Morgan fingerprint density at radius 2 is 2.19 bits per heavy atom. The van der Waals surface area contributed by atoms with Gasteiger partial charge in [0.05, 0.1) is 30.0 Å². The van der Waals surface area contributed by atoms with Crippen LogP contribution in [0.1, 0.15) is 24.2 Å². The first-order valence-corrected chi connectivity index (χ1v) is 8.27. The van der Waals surface area contributed by atoms with E-state index in [9.17, 15) is 18.8 Å². The van der Waals surface area contributed by atoms with E-state index in [4.69, 9.17) is 4.74 Å². The summed E-state index contributed by atoms with van der Waals surface area (Å²) >= 11 is 0. The summed E-state index contributed by atoms with van der Waals surface area (Å²) < 4.78 is 19.6.